The van der Waals surface area contributed by atoms with Crippen LogP contribution in [-0.2, 0) is 11.2 Å². The molecule has 1 N–H and O–H groups in total. The summed E-state index contributed by atoms with van der Waals surface area (Å²) in [4.78, 5) is 12.3. The largest absolute Gasteiger partial charge is 0.464 e. The summed E-state index contributed by atoms with van der Waals surface area (Å²) in [6, 6.07) is 6.70. The Morgan fingerprint density at radius 1 is 1.20 bits per heavy atom. The molecule has 3 rings (SSSR count). The molecule has 3 aromatic rings. The van der Waals surface area contributed by atoms with Gasteiger partial charge >= 0.3 is 0 Å². The Morgan fingerprint density at radius 2 is 1.96 bits per heavy atom. The molecule has 0 saturated heterocycles. The van der Waals surface area contributed by atoms with Gasteiger partial charge in [0, 0.05) is 22.6 Å². The molecule has 0 aliphatic heterocycles. The summed E-state index contributed by atoms with van der Waals surface area (Å²) < 4.78 is 32.4. The molecule has 5 heteroatoms. The van der Waals surface area contributed by atoms with E-state index in [9.17, 15) is 13.6 Å². The second-order valence-electron chi connectivity index (χ2n) is 6.28. The Balaban J connectivity index is 1.75. The van der Waals surface area contributed by atoms with E-state index < -0.39 is 17.7 Å². The van der Waals surface area contributed by atoms with E-state index >= 15 is 0 Å². The zero-order valence-corrected chi connectivity index (χ0v) is 14.3. The van der Waals surface area contributed by atoms with E-state index in [0.717, 1.165) is 33.7 Å². The van der Waals surface area contributed by atoms with Gasteiger partial charge in [-0.2, -0.15) is 0 Å². The van der Waals surface area contributed by atoms with Gasteiger partial charge in [-0.05, 0) is 38.0 Å². The van der Waals surface area contributed by atoms with E-state index in [-0.39, 0.29) is 17.9 Å². The molecule has 130 valence electrons. The SMILES string of the molecule is Cc1ccc2c(CC(=O)N[C@H](C)c3ccc(F)cc3F)coc2c1C. The van der Waals surface area contributed by atoms with Gasteiger partial charge in [-0.15, -0.1) is 0 Å². The first-order chi connectivity index (χ1) is 11.9. The van der Waals surface area contributed by atoms with E-state index in [0.29, 0.717) is 0 Å². The molecule has 0 fully saturated rings. The van der Waals surface area contributed by atoms with Gasteiger partial charge in [0.25, 0.3) is 0 Å². The number of aryl methyl sites for hydroxylation is 2. The average molecular weight is 343 g/mol. The summed E-state index contributed by atoms with van der Waals surface area (Å²) in [5, 5.41) is 3.64. The van der Waals surface area contributed by atoms with Crippen LogP contribution in [-0.4, -0.2) is 5.91 Å². The third-order valence-corrected chi connectivity index (χ3v) is 4.50. The van der Waals surface area contributed by atoms with Crippen LogP contribution in [0.2, 0.25) is 0 Å². The lowest BCUT2D eigenvalue weighted by Gasteiger charge is -2.15. The van der Waals surface area contributed by atoms with Crippen molar-refractivity contribution in [3.8, 4) is 0 Å². The zero-order valence-electron chi connectivity index (χ0n) is 14.3. The molecule has 0 aliphatic carbocycles. The summed E-state index contributed by atoms with van der Waals surface area (Å²) >= 11 is 0. The van der Waals surface area contributed by atoms with Gasteiger partial charge in [-0.3, -0.25) is 4.79 Å². The van der Waals surface area contributed by atoms with Crippen LogP contribution in [0.5, 0.6) is 0 Å². The second kappa shape index (κ2) is 6.67. The van der Waals surface area contributed by atoms with E-state index in [1.54, 1.807) is 13.2 Å². The van der Waals surface area contributed by atoms with Crippen molar-refractivity contribution in [3.63, 3.8) is 0 Å². The Morgan fingerprint density at radius 3 is 2.68 bits per heavy atom. The number of hydrogen-bond donors (Lipinski definition) is 1. The number of fused-ring (bicyclic) bond motifs is 1. The first-order valence-electron chi connectivity index (χ1n) is 8.07. The normalized spacial score (nSPS) is 12.4. The molecule has 0 spiro atoms. The second-order valence-corrected chi connectivity index (χ2v) is 6.28. The number of carbonyl (C=O) groups excluding carboxylic acids is 1. The van der Waals surface area contributed by atoms with Crippen LogP contribution in [0.3, 0.4) is 0 Å². The number of rotatable bonds is 4. The molecule has 0 aliphatic rings. The van der Waals surface area contributed by atoms with Gasteiger partial charge in [0.05, 0.1) is 18.7 Å². The maximum absolute atomic E-state index is 13.8. The van der Waals surface area contributed by atoms with Crippen LogP contribution in [0.1, 0.15) is 35.2 Å². The van der Waals surface area contributed by atoms with Crippen molar-refractivity contribution < 1.29 is 18.0 Å². The molecule has 25 heavy (non-hydrogen) atoms. The molecule has 0 radical (unpaired) electrons. The quantitative estimate of drug-likeness (QED) is 0.743. The average Bonchev–Trinajstić information content (AvgIpc) is 2.94. The van der Waals surface area contributed by atoms with Crippen molar-refractivity contribution in [2.45, 2.75) is 33.2 Å². The standard InChI is InChI=1S/C20H19F2NO2/c1-11-4-6-17-14(10-25-20(17)12(11)2)8-19(24)23-13(3)16-7-5-15(21)9-18(16)22/h4-7,9-10,13H,8H2,1-3H3,(H,23,24)/t13-/m1/s1. The maximum Gasteiger partial charge on any atom is 0.225 e. The van der Waals surface area contributed by atoms with E-state index in [4.69, 9.17) is 4.42 Å². The molecular formula is C20H19F2NO2. The molecule has 3 nitrogen and oxygen atoms in total. The third kappa shape index (κ3) is 3.40. The molecule has 0 bridgehead atoms. The number of hydrogen-bond acceptors (Lipinski definition) is 2. The summed E-state index contributed by atoms with van der Waals surface area (Å²) in [6.07, 6.45) is 1.71. The molecule has 1 aromatic heterocycles. The van der Waals surface area contributed by atoms with Crippen LogP contribution in [0, 0.1) is 25.5 Å². The highest BCUT2D eigenvalue weighted by molar-refractivity contribution is 5.89. The molecule has 1 atom stereocenters. The maximum atomic E-state index is 13.8. The van der Waals surface area contributed by atoms with E-state index in [1.807, 2.05) is 26.0 Å². The summed E-state index contributed by atoms with van der Waals surface area (Å²) in [5.74, 6) is -1.57. The summed E-state index contributed by atoms with van der Waals surface area (Å²) in [6.45, 7) is 5.64. The van der Waals surface area contributed by atoms with E-state index in [1.165, 1.54) is 12.1 Å². The molecule has 0 unspecified atom stereocenters. The van der Waals surface area contributed by atoms with Gasteiger partial charge in [0.2, 0.25) is 5.91 Å². The minimum Gasteiger partial charge on any atom is -0.464 e. The lowest BCUT2D eigenvalue weighted by Crippen LogP contribution is -2.28. The first-order valence-corrected chi connectivity index (χ1v) is 8.07. The number of benzene rings is 2. The Kier molecular flexibility index (Phi) is 4.57. The highest BCUT2D eigenvalue weighted by Gasteiger charge is 2.17. The summed E-state index contributed by atoms with van der Waals surface area (Å²) in [7, 11) is 0. The van der Waals surface area contributed by atoms with Crippen LogP contribution in [0.4, 0.5) is 8.78 Å². The van der Waals surface area contributed by atoms with Gasteiger partial charge < -0.3 is 9.73 Å². The number of furan rings is 1. The highest BCUT2D eigenvalue weighted by atomic mass is 19.1. The molecule has 1 heterocycles. The monoisotopic (exact) mass is 343 g/mol. The molecular weight excluding hydrogens is 324 g/mol. The number of nitrogens with one attached hydrogen (secondary N) is 1. The van der Waals surface area contributed by atoms with Gasteiger partial charge in [0.15, 0.2) is 0 Å². The van der Waals surface area contributed by atoms with Crippen LogP contribution < -0.4 is 5.32 Å². The molecule has 0 saturated carbocycles. The number of amides is 1. The van der Waals surface area contributed by atoms with Crippen molar-refractivity contribution in [2.24, 2.45) is 0 Å². The van der Waals surface area contributed by atoms with Crippen LogP contribution in [0.15, 0.2) is 41.0 Å². The first kappa shape index (κ1) is 17.1. The van der Waals surface area contributed by atoms with Crippen molar-refractivity contribution >= 4 is 16.9 Å². The Bertz CT molecular complexity index is 946. The predicted molar refractivity (Wildman–Crippen MR) is 92.3 cm³/mol. The van der Waals surface area contributed by atoms with Crippen molar-refractivity contribution in [1.29, 1.82) is 0 Å². The van der Waals surface area contributed by atoms with Gasteiger partial charge in [-0.25, -0.2) is 8.78 Å². The van der Waals surface area contributed by atoms with Crippen LogP contribution >= 0.6 is 0 Å². The lowest BCUT2D eigenvalue weighted by molar-refractivity contribution is -0.121. The fourth-order valence-electron chi connectivity index (χ4n) is 2.92. The molecule has 1 amide bonds. The molecule has 2 aromatic carbocycles. The zero-order chi connectivity index (χ0) is 18.1. The van der Waals surface area contributed by atoms with Crippen molar-refractivity contribution in [2.75, 3.05) is 0 Å². The fourth-order valence-corrected chi connectivity index (χ4v) is 2.92. The van der Waals surface area contributed by atoms with Crippen LogP contribution in [0.25, 0.3) is 11.0 Å². The smallest absolute Gasteiger partial charge is 0.225 e. The van der Waals surface area contributed by atoms with Crippen molar-refractivity contribution in [1.82, 2.24) is 5.32 Å². The number of halogens is 2. The highest BCUT2D eigenvalue weighted by Crippen LogP contribution is 2.27. The summed E-state index contributed by atoms with van der Waals surface area (Å²) in [5.41, 5.74) is 3.98. The minimum atomic E-state index is -0.673. The fraction of sp³-hybridized carbons (Fsp3) is 0.250. The van der Waals surface area contributed by atoms with Gasteiger partial charge in [-0.1, -0.05) is 18.2 Å². The van der Waals surface area contributed by atoms with E-state index in [2.05, 4.69) is 5.32 Å². The minimum absolute atomic E-state index is 0.128. The topological polar surface area (TPSA) is 42.2 Å². The van der Waals surface area contributed by atoms with Crippen molar-refractivity contribution in [3.05, 3.63) is 70.5 Å². The predicted octanol–water partition coefficient (Wildman–Crippen LogP) is 4.75. The number of carbonyl (C=O) groups is 1. The Labute approximate surface area is 144 Å². The lowest BCUT2D eigenvalue weighted by atomic mass is 10.0. The van der Waals surface area contributed by atoms with Gasteiger partial charge in [0.1, 0.15) is 17.2 Å². The Hall–Kier alpha value is -2.69. The third-order valence-electron chi connectivity index (χ3n) is 4.50.